The van der Waals surface area contributed by atoms with Gasteiger partial charge in [0.15, 0.2) is 5.82 Å². The zero-order valence-electron chi connectivity index (χ0n) is 16.5. The Balaban J connectivity index is 1.52. The smallest absolute Gasteiger partial charge is 0.159 e. The Morgan fingerprint density at radius 3 is 2.65 bits per heavy atom. The molecule has 2 N–H and O–H groups in total. The number of nitrogens with zero attached hydrogens (tertiary/aromatic N) is 6. The Morgan fingerprint density at radius 1 is 0.839 bits per heavy atom. The number of rotatable bonds is 3. The van der Waals surface area contributed by atoms with Crippen molar-refractivity contribution >= 4 is 21.9 Å². The zero-order valence-corrected chi connectivity index (χ0v) is 16.5. The Labute approximate surface area is 176 Å². The molecule has 0 spiro atoms. The van der Waals surface area contributed by atoms with Crippen molar-refractivity contribution in [1.82, 2.24) is 40.1 Å². The van der Waals surface area contributed by atoms with Crippen LogP contribution in [0, 0.1) is 6.92 Å². The van der Waals surface area contributed by atoms with Gasteiger partial charge in [0, 0.05) is 47.5 Å². The van der Waals surface area contributed by atoms with E-state index in [1.807, 2.05) is 43.5 Å². The van der Waals surface area contributed by atoms with Crippen molar-refractivity contribution in [1.29, 1.82) is 0 Å². The van der Waals surface area contributed by atoms with Gasteiger partial charge in [-0.2, -0.15) is 5.10 Å². The minimum absolute atomic E-state index is 0.666. The van der Waals surface area contributed by atoms with Crippen LogP contribution in [0.25, 0.3) is 56.0 Å². The molecule has 8 nitrogen and oxygen atoms in total. The second-order valence-corrected chi connectivity index (χ2v) is 7.26. The summed E-state index contributed by atoms with van der Waals surface area (Å²) >= 11 is 0. The Kier molecular flexibility index (Phi) is 3.82. The molecule has 31 heavy (non-hydrogen) atoms. The van der Waals surface area contributed by atoms with Crippen LogP contribution in [0.4, 0.5) is 0 Å². The van der Waals surface area contributed by atoms with Crippen molar-refractivity contribution in [2.24, 2.45) is 0 Å². The first kappa shape index (κ1) is 17.4. The molecule has 148 valence electrons. The number of nitrogens with one attached hydrogen (secondary N) is 2. The van der Waals surface area contributed by atoms with Crippen molar-refractivity contribution in [2.75, 3.05) is 0 Å². The fraction of sp³-hybridized carbons (Fsp3) is 0.0435. The number of fused-ring (bicyclic) bond motifs is 2. The largest absolute Gasteiger partial charge is 0.336 e. The van der Waals surface area contributed by atoms with Crippen LogP contribution >= 0.6 is 0 Å². The molecule has 0 aromatic carbocycles. The van der Waals surface area contributed by atoms with E-state index in [9.17, 15) is 0 Å². The lowest BCUT2D eigenvalue weighted by atomic mass is 10.1. The third kappa shape index (κ3) is 2.84. The van der Waals surface area contributed by atoms with E-state index in [0.717, 1.165) is 55.7 Å². The highest BCUT2D eigenvalue weighted by Crippen LogP contribution is 2.31. The van der Waals surface area contributed by atoms with E-state index in [1.54, 1.807) is 31.0 Å². The van der Waals surface area contributed by atoms with Gasteiger partial charge in [0.25, 0.3) is 0 Å². The number of hydrogen-bond donors (Lipinski definition) is 2. The van der Waals surface area contributed by atoms with Crippen LogP contribution in [0.1, 0.15) is 5.56 Å². The van der Waals surface area contributed by atoms with Crippen LogP contribution in [0.5, 0.6) is 0 Å². The lowest BCUT2D eigenvalue weighted by molar-refractivity contribution is 1.10. The Bertz CT molecular complexity index is 1550. The number of hydrogen-bond acceptors (Lipinski definition) is 6. The van der Waals surface area contributed by atoms with E-state index in [-0.39, 0.29) is 0 Å². The van der Waals surface area contributed by atoms with Gasteiger partial charge in [-0.3, -0.25) is 25.0 Å². The summed E-state index contributed by atoms with van der Waals surface area (Å²) in [6, 6.07) is 9.77. The van der Waals surface area contributed by atoms with Gasteiger partial charge in [-0.1, -0.05) is 0 Å². The molecular weight excluding hydrogens is 388 g/mol. The Hall–Kier alpha value is -4.46. The van der Waals surface area contributed by atoms with Crippen LogP contribution in [-0.4, -0.2) is 40.1 Å². The molecule has 0 amide bonds. The van der Waals surface area contributed by atoms with E-state index in [4.69, 9.17) is 4.98 Å². The summed E-state index contributed by atoms with van der Waals surface area (Å²) < 4.78 is 0. The monoisotopic (exact) mass is 404 g/mol. The van der Waals surface area contributed by atoms with Gasteiger partial charge in [0.2, 0.25) is 0 Å². The summed E-state index contributed by atoms with van der Waals surface area (Å²) in [5.41, 5.74) is 7.87. The summed E-state index contributed by atoms with van der Waals surface area (Å²) in [4.78, 5) is 25.8. The first-order valence-electron chi connectivity index (χ1n) is 9.78. The summed E-state index contributed by atoms with van der Waals surface area (Å²) in [6.07, 6.45) is 10.7. The quantitative estimate of drug-likeness (QED) is 0.454. The minimum atomic E-state index is 0.666. The summed E-state index contributed by atoms with van der Waals surface area (Å²) in [7, 11) is 0. The molecule has 6 aromatic rings. The lowest BCUT2D eigenvalue weighted by Crippen LogP contribution is -1.89. The number of aromatic nitrogens is 8. The molecule has 0 saturated heterocycles. The number of aromatic amines is 2. The zero-order chi connectivity index (χ0) is 20.8. The van der Waals surface area contributed by atoms with Gasteiger partial charge in [-0.15, -0.1) is 0 Å². The predicted octanol–water partition coefficient (Wildman–Crippen LogP) is 4.33. The summed E-state index contributed by atoms with van der Waals surface area (Å²) in [6.45, 7) is 2.05. The van der Waals surface area contributed by atoms with Crippen LogP contribution in [-0.2, 0) is 0 Å². The van der Waals surface area contributed by atoms with E-state index in [1.165, 1.54) is 0 Å². The highest BCUT2D eigenvalue weighted by atomic mass is 15.1. The van der Waals surface area contributed by atoms with Crippen LogP contribution < -0.4 is 0 Å². The van der Waals surface area contributed by atoms with Crippen molar-refractivity contribution < 1.29 is 0 Å². The van der Waals surface area contributed by atoms with Gasteiger partial charge in [-0.25, -0.2) is 4.98 Å². The van der Waals surface area contributed by atoms with Crippen LogP contribution in [0.15, 0.2) is 67.5 Å². The molecule has 0 aliphatic carbocycles. The molecule has 0 radical (unpaired) electrons. The van der Waals surface area contributed by atoms with Gasteiger partial charge < -0.3 is 4.98 Å². The molecule has 6 aromatic heterocycles. The third-order valence-corrected chi connectivity index (χ3v) is 5.32. The highest BCUT2D eigenvalue weighted by molar-refractivity contribution is 5.96. The van der Waals surface area contributed by atoms with Crippen molar-refractivity contribution in [3.63, 3.8) is 0 Å². The minimum Gasteiger partial charge on any atom is -0.336 e. The second-order valence-electron chi connectivity index (χ2n) is 7.26. The van der Waals surface area contributed by atoms with Crippen molar-refractivity contribution in [2.45, 2.75) is 6.92 Å². The van der Waals surface area contributed by atoms with E-state index in [0.29, 0.717) is 5.82 Å². The molecule has 0 bridgehead atoms. The molecule has 6 heterocycles. The summed E-state index contributed by atoms with van der Waals surface area (Å²) in [5.74, 6) is 0.666. The van der Waals surface area contributed by atoms with Gasteiger partial charge in [-0.05, 0) is 42.8 Å². The van der Waals surface area contributed by atoms with Gasteiger partial charge >= 0.3 is 0 Å². The van der Waals surface area contributed by atoms with E-state index < -0.39 is 0 Å². The fourth-order valence-electron chi connectivity index (χ4n) is 3.74. The fourth-order valence-corrected chi connectivity index (χ4v) is 3.74. The number of imidazole rings is 1. The molecular formula is C23H16N8. The molecule has 0 aliphatic heterocycles. The molecule has 6 rings (SSSR count). The third-order valence-electron chi connectivity index (χ3n) is 5.32. The molecule has 0 aliphatic rings. The van der Waals surface area contributed by atoms with Crippen LogP contribution in [0.2, 0.25) is 0 Å². The van der Waals surface area contributed by atoms with Crippen LogP contribution in [0.3, 0.4) is 0 Å². The highest BCUT2D eigenvalue weighted by Gasteiger charge is 2.17. The Morgan fingerprint density at radius 2 is 1.77 bits per heavy atom. The molecule has 8 heteroatoms. The predicted molar refractivity (Wildman–Crippen MR) is 118 cm³/mol. The number of aryl methyl sites for hydroxylation is 1. The maximum absolute atomic E-state index is 4.84. The number of H-pyrrole nitrogens is 2. The summed E-state index contributed by atoms with van der Waals surface area (Å²) in [5, 5.41) is 8.50. The van der Waals surface area contributed by atoms with Gasteiger partial charge in [0.1, 0.15) is 11.2 Å². The molecule has 0 fully saturated rings. The second kappa shape index (κ2) is 6.81. The standard InChI is InChI=1S/C23H16N8/c1-13-4-7-25-11-16(13)18-9-15-19(12-27-18)30-31-21(15)23-28-17-5-8-26-20(22(17)29-23)14-3-2-6-24-10-14/h2-12H,1H3,(H,28,29)(H,30,31). The topological polar surface area (TPSA) is 109 Å². The molecule has 0 unspecified atom stereocenters. The van der Waals surface area contributed by atoms with E-state index >= 15 is 0 Å². The first-order chi connectivity index (χ1) is 15.3. The molecule has 0 atom stereocenters. The lowest BCUT2D eigenvalue weighted by Gasteiger charge is -2.04. The SMILES string of the molecule is Cc1ccncc1-c1cc2c(-c3nc4c(-c5cccnc5)nccc4[nH]3)n[nH]c2cn1. The maximum Gasteiger partial charge on any atom is 0.159 e. The molecule has 0 saturated carbocycles. The average molecular weight is 404 g/mol. The van der Waals surface area contributed by atoms with Crippen molar-refractivity contribution in [3.05, 3.63) is 73.1 Å². The first-order valence-corrected chi connectivity index (χ1v) is 9.78. The number of pyridine rings is 4. The maximum atomic E-state index is 4.84. The normalized spacial score (nSPS) is 11.4. The van der Waals surface area contributed by atoms with Gasteiger partial charge in [0.05, 0.1) is 28.6 Å². The van der Waals surface area contributed by atoms with Crippen molar-refractivity contribution in [3.8, 4) is 34.0 Å². The average Bonchev–Trinajstić information content (AvgIpc) is 3.43. The van der Waals surface area contributed by atoms with E-state index in [2.05, 4.69) is 35.1 Å².